The van der Waals surface area contributed by atoms with Gasteiger partial charge in [0.1, 0.15) is 11.5 Å². The van der Waals surface area contributed by atoms with Crippen LogP contribution in [0.25, 0.3) is 0 Å². The number of aromatic amines is 1. The summed E-state index contributed by atoms with van der Waals surface area (Å²) in [6.45, 7) is 3.98. The van der Waals surface area contributed by atoms with E-state index in [0.29, 0.717) is 25.0 Å². The number of amides is 2. The fraction of sp³-hybridized carbons (Fsp3) is 0.476. The van der Waals surface area contributed by atoms with Crippen LogP contribution in [0.15, 0.2) is 24.3 Å². The smallest absolute Gasteiger partial charge is 0.272 e. The maximum Gasteiger partial charge on any atom is 0.272 e. The molecule has 1 aliphatic carbocycles. The van der Waals surface area contributed by atoms with Gasteiger partial charge >= 0.3 is 0 Å². The standard InChI is InChI=1S/C21H27FN4O3/c1-12-4-6-16(22)9-15(12)11-23-20(27)14-5-7-19(29-3)17(10-14)24-21(28)18-8-13(2)25-26-18/h4,6,8-9,14,17,19H,5,7,10-11H2,1-3H3,(H,23,27)(H,24,28)(H,25,26)/t14-,17+,19+/m0/s1. The van der Waals surface area contributed by atoms with Crippen molar-refractivity contribution in [2.45, 2.75) is 51.8 Å². The number of rotatable bonds is 6. The van der Waals surface area contributed by atoms with E-state index in [0.717, 1.165) is 16.8 Å². The highest BCUT2D eigenvalue weighted by atomic mass is 19.1. The predicted octanol–water partition coefficient (Wildman–Crippen LogP) is 2.40. The van der Waals surface area contributed by atoms with Gasteiger partial charge in [-0.15, -0.1) is 0 Å². The molecule has 1 aromatic heterocycles. The third-order valence-electron chi connectivity index (χ3n) is 5.48. The molecule has 0 bridgehead atoms. The molecule has 1 heterocycles. The average molecular weight is 402 g/mol. The van der Waals surface area contributed by atoms with Crippen LogP contribution < -0.4 is 10.6 Å². The lowest BCUT2D eigenvalue weighted by molar-refractivity contribution is -0.127. The normalized spacial score (nSPS) is 21.6. The molecule has 2 amide bonds. The SMILES string of the molecule is CO[C@@H]1CC[C@H](C(=O)NCc2cc(F)ccc2C)C[C@H]1NC(=O)c1cc(C)[nH]n1. The van der Waals surface area contributed by atoms with Gasteiger partial charge in [0.05, 0.1) is 12.1 Å². The summed E-state index contributed by atoms with van der Waals surface area (Å²) < 4.78 is 19.0. The van der Waals surface area contributed by atoms with Crippen molar-refractivity contribution in [1.29, 1.82) is 0 Å². The summed E-state index contributed by atoms with van der Waals surface area (Å²) in [5.74, 6) is -0.964. The monoisotopic (exact) mass is 402 g/mol. The Kier molecular flexibility index (Phi) is 6.64. The average Bonchev–Trinajstić information content (AvgIpc) is 3.15. The van der Waals surface area contributed by atoms with Crippen molar-refractivity contribution in [2.75, 3.05) is 7.11 Å². The van der Waals surface area contributed by atoms with Crippen molar-refractivity contribution in [3.63, 3.8) is 0 Å². The van der Waals surface area contributed by atoms with Gasteiger partial charge in [0, 0.05) is 25.3 Å². The van der Waals surface area contributed by atoms with Gasteiger partial charge in [-0.2, -0.15) is 5.10 Å². The molecule has 1 fully saturated rings. The van der Waals surface area contributed by atoms with Crippen LogP contribution >= 0.6 is 0 Å². The quantitative estimate of drug-likeness (QED) is 0.691. The van der Waals surface area contributed by atoms with Gasteiger partial charge < -0.3 is 15.4 Å². The van der Waals surface area contributed by atoms with Crippen LogP contribution in [0.2, 0.25) is 0 Å². The summed E-state index contributed by atoms with van der Waals surface area (Å²) in [4.78, 5) is 25.2. The van der Waals surface area contributed by atoms with Crippen molar-refractivity contribution in [2.24, 2.45) is 5.92 Å². The predicted molar refractivity (Wildman–Crippen MR) is 106 cm³/mol. The second-order valence-corrected chi connectivity index (χ2v) is 7.59. The molecule has 8 heteroatoms. The molecule has 0 unspecified atom stereocenters. The van der Waals surface area contributed by atoms with E-state index in [4.69, 9.17) is 4.74 Å². The highest BCUT2D eigenvalue weighted by Crippen LogP contribution is 2.27. The molecule has 0 aliphatic heterocycles. The summed E-state index contributed by atoms with van der Waals surface area (Å²) in [6, 6.07) is 5.92. The number of H-pyrrole nitrogens is 1. The van der Waals surface area contributed by atoms with E-state index in [2.05, 4.69) is 20.8 Å². The summed E-state index contributed by atoms with van der Waals surface area (Å²) in [5, 5.41) is 12.6. The van der Waals surface area contributed by atoms with E-state index in [1.165, 1.54) is 12.1 Å². The minimum atomic E-state index is -0.322. The Hall–Kier alpha value is -2.74. The van der Waals surface area contributed by atoms with E-state index < -0.39 is 0 Å². The lowest BCUT2D eigenvalue weighted by atomic mass is 9.83. The molecule has 1 aromatic carbocycles. The van der Waals surface area contributed by atoms with Gasteiger partial charge in [-0.3, -0.25) is 14.7 Å². The van der Waals surface area contributed by atoms with Crippen LogP contribution in [0.5, 0.6) is 0 Å². The van der Waals surface area contributed by atoms with Gasteiger partial charge in [0.25, 0.3) is 5.91 Å². The first-order chi connectivity index (χ1) is 13.9. The Morgan fingerprint density at radius 2 is 2.07 bits per heavy atom. The summed E-state index contributed by atoms with van der Waals surface area (Å²) >= 11 is 0. The molecule has 3 N–H and O–H groups in total. The number of hydrogen-bond donors (Lipinski definition) is 3. The first-order valence-electron chi connectivity index (χ1n) is 9.75. The molecule has 156 valence electrons. The van der Waals surface area contributed by atoms with E-state index in [1.54, 1.807) is 19.2 Å². The molecule has 1 aliphatic rings. The molecule has 3 rings (SSSR count). The Labute approximate surface area is 169 Å². The number of hydrogen-bond acceptors (Lipinski definition) is 4. The highest BCUT2D eigenvalue weighted by Gasteiger charge is 2.35. The molecule has 1 saturated carbocycles. The summed E-state index contributed by atoms with van der Waals surface area (Å²) in [5.41, 5.74) is 2.79. The van der Waals surface area contributed by atoms with E-state index in [1.807, 2.05) is 13.8 Å². The van der Waals surface area contributed by atoms with Crippen LogP contribution in [0, 0.1) is 25.6 Å². The lowest BCUT2D eigenvalue weighted by Crippen LogP contribution is -2.50. The van der Waals surface area contributed by atoms with Crippen LogP contribution in [-0.2, 0) is 16.1 Å². The van der Waals surface area contributed by atoms with Crippen LogP contribution in [-0.4, -0.2) is 41.3 Å². The molecule has 7 nitrogen and oxygen atoms in total. The topological polar surface area (TPSA) is 96.1 Å². The minimum absolute atomic E-state index is 0.0990. The van der Waals surface area contributed by atoms with Crippen molar-refractivity contribution in [1.82, 2.24) is 20.8 Å². The van der Waals surface area contributed by atoms with Gasteiger partial charge in [-0.25, -0.2) is 4.39 Å². The number of carbonyl (C=O) groups excluding carboxylic acids is 2. The fourth-order valence-corrected chi connectivity index (χ4v) is 3.75. The number of benzene rings is 1. The zero-order chi connectivity index (χ0) is 21.0. The van der Waals surface area contributed by atoms with Gasteiger partial charge in [-0.1, -0.05) is 6.07 Å². The van der Waals surface area contributed by atoms with Crippen LogP contribution in [0.1, 0.15) is 46.6 Å². The molecule has 0 saturated heterocycles. The maximum absolute atomic E-state index is 13.4. The molecule has 0 spiro atoms. The summed E-state index contributed by atoms with van der Waals surface area (Å²) in [6.07, 6.45) is 1.65. The Morgan fingerprint density at radius 1 is 1.28 bits per heavy atom. The second kappa shape index (κ2) is 9.17. The number of halogens is 1. The van der Waals surface area contributed by atoms with Gasteiger partial charge in [0.15, 0.2) is 0 Å². The number of carbonyl (C=O) groups is 2. The van der Waals surface area contributed by atoms with Crippen molar-refractivity contribution in [3.8, 4) is 0 Å². The lowest BCUT2D eigenvalue weighted by Gasteiger charge is -2.35. The molecule has 0 radical (unpaired) electrons. The van der Waals surface area contributed by atoms with Crippen LogP contribution in [0.3, 0.4) is 0 Å². The zero-order valence-electron chi connectivity index (χ0n) is 16.9. The van der Waals surface area contributed by atoms with Crippen molar-refractivity contribution >= 4 is 11.8 Å². The number of nitrogens with one attached hydrogen (secondary N) is 3. The third-order valence-corrected chi connectivity index (χ3v) is 5.48. The maximum atomic E-state index is 13.4. The van der Waals surface area contributed by atoms with E-state index >= 15 is 0 Å². The third kappa shape index (κ3) is 5.20. The molecule has 2 aromatic rings. The Morgan fingerprint density at radius 3 is 2.76 bits per heavy atom. The number of nitrogens with zero attached hydrogens (tertiary/aromatic N) is 1. The largest absolute Gasteiger partial charge is 0.379 e. The highest BCUT2D eigenvalue weighted by molar-refractivity contribution is 5.92. The van der Waals surface area contributed by atoms with Crippen LogP contribution in [0.4, 0.5) is 4.39 Å². The van der Waals surface area contributed by atoms with Gasteiger partial charge in [-0.05, 0) is 62.4 Å². The summed E-state index contributed by atoms with van der Waals surface area (Å²) in [7, 11) is 1.61. The van der Waals surface area contributed by atoms with Crippen molar-refractivity contribution < 1.29 is 18.7 Å². The number of aryl methyl sites for hydroxylation is 2. The fourth-order valence-electron chi connectivity index (χ4n) is 3.75. The Bertz CT molecular complexity index is 883. The Balaban J connectivity index is 1.60. The molecular weight excluding hydrogens is 375 g/mol. The molecule has 29 heavy (non-hydrogen) atoms. The minimum Gasteiger partial charge on any atom is -0.379 e. The first kappa shape index (κ1) is 21.0. The van der Waals surface area contributed by atoms with E-state index in [9.17, 15) is 14.0 Å². The number of aromatic nitrogens is 2. The number of ether oxygens (including phenoxy) is 1. The first-order valence-corrected chi connectivity index (χ1v) is 9.75. The van der Waals surface area contributed by atoms with Crippen molar-refractivity contribution in [3.05, 3.63) is 52.6 Å². The van der Waals surface area contributed by atoms with Gasteiger partial charge in [0.2, 0.25) is 5.91 Å². The van der Waals surface area contributed by atoms with E-state index in [-0.39, 0.29) is 42.2 Å². The molecule has 3 atom stereocenters. The molecular formula is C21H27FN4O3. The zero-order valence-corrected chi connectivity index (χ0v) is 16.9. The number of methoxy groups -OCH3 is 1. The second-order valence-electron chi connectivity index (χ2n) is 7.59.